The lowest BCUT2D eigenvalue weighted by atomic mass is 10.1. The van der Waals surface area contributed by atoms with E-state index in [4.69, 9.17) is 28.3 Å². The van der Waals surface area contributed by atoms with Crippen molar-refractivity contribution in [3.05, 3.63) is 33.8 Å². The Kier molecular flexibility index (Phi) is 13.4. The van der Waals surface area contributed by atoms with E-state index in [0.29, 0.717) is 0 Å². The molecular formula is C12H19Cl2NO3. The molecule has 0 unspecified atom stereocenters. The van der Waals surface area contributed by atoms with E-state index in [1.807, 2.05) is 18.2 Å². The van der Waals surface area contributed by atoms with Crippen molar-refractivity contribution in [3.8, 4) is 0 Å². The molecule has 3 N–H and O–H groups in total. The highest BCUT2D eigenvalue weighted by atomic mass is 35.5. The van der Waals surface area contributed by atoms with Crippen LogP contribution in [0.2, 0.25) is 10.0 Å². The van der Waals surface area contributed by atoms with Crippen LogP contribution in [-0.4, -0.2) is 25.4 Å². The quantitative estimate of drug-likeness (QED) is 0.879. The molecule has 0 aliphatic heterocycles. The number of primary amides is 1. The number of benzene rings is 1. The van der Waals surface area contributed by atoms with Crippen LogP contribution in [0.25, 0.3) is 0 Å². The third kappa shape index (κ3) is 9.10. The lowest BCUT2D eigenvalue weighted by Gasteiger charge is -2.03. The lowest BCUT2D eigenvalue weighted by molar-refractivity contribution is 0.182. The number of halogens is 2. The molecule has 1 amide bonds. The summed E-state index contributed by atoms with van der Waals surface area (Å²) in [5.41, 5.74) is 5.50. The van der Waals surface area contributed by atoms with Crippen LogP contribution in [0.1, 0.15) is 18.9 Å². The summed E-state index contributed by atoms with van der Waals surface area (Å²) in [4.78, 5) is 9.37. The number of carbonyl (C=O) groups excluding carboxylic acids is 1. The Bertz CT molecular complexity index is 326. The third-order valence-corrected chi connectivity index (χ3v) is 2.47. The van der Waals surface area contributed by atoms with Gasteiger partial charge >= 0.3 is 6.09 Å². The van der Waals surface area contributed by atoms with Gasteiger partial charge in [0, 0.05) is 17.2 Å². The van der Waals surface area contributed by atoms with Crippen molar-refractivity contribution in [1.29, 1.82) is 0 Å². The first-order valence-electron chi connectivity index (χ1n) is 5.24. The highest BCUT2D eigenvalue weighted by Crippen LogP contribution is 2.25. The van der Waals surface area contributed by atoms with Crippen LogP contribution in [-0.2, 0) is 11.2 Å². The normalized spacial score (nSPS) is 8.33. The van der Waals surface area contributed by atoms with E-state index in [1.54, 1.807) is 0 Å². The van der Waals surface area contributed by atoms with Gasteiger partial charge in [-0.15, -0.1) is 0 Å². The molecule has 4 nitrogen and oxygen atoms in total. The molecule has 0 fully saturated rings. The maximum atomic E-state index is 9.37. The van der Waals surface area contributed by atoms with E-state index < -0.39 is 6.09 Å². The molecule has 0 aliphatic carbocycles. The molecule has 0 bridgehead atoms. The number of aliphatic hydroxyl groups is 1. The number of nitrogens with two attached hydrogens (primary N) is 1. The molecule has 0 spiro atoms. The van der Waals surface area contributed by atoms with Gasteiger partial charge in [-0.3, -0.25) is 0 Å². The maximum absolute atomic E-state index is 9.37. The van der Waals surface area contributed by atoms with Gasteiger partial charge in [-0.1, -0.05) is 42.6 Å². The summed E-state index contributed by atoms with van der Waals surface area (Å²) in [6.07, 6.45) is 1.28. The first kappa shape index (κ1) is 19.4. The summed E-state index contributed by atoms with van der Waals surface area (Å²) in [7, 11) is 2.22. The molecule has 6 heteroatoms. The Hall–Kier alpha value is -0.970. The first-order valence-corrected chi connectivity index (χ1v) is 5.99. The average molecular weight is 296 g/mol. The second kappa shape index (κ2) is 12.5. The van der Waals surface area contributed by atoms with Gasteiger partial charge in [0.25, 0.3) is 0 Å². The average Bonchev–Trinajstić information content (AvgIpc) is 2.37. The van der Waals surface area contributed by atoms with Crippen molar-refractivity contribution < 1.29 is 14.6 Å². The van der Waals surface area contributed by atoms with Crippen molar-refractivity contribution in [3.63, 3.8) is 0 Å². The number of amides is 1. The highest BCUT2D eigenvalue weighted by molar-refractivity contribution is 6.35. The number of methoxy groups -OCH3 is 1. The Morgan fingerprint density at radius 3 is 2.00 bits per heavy atom. The Morgan fingerprint density at radius 2 is 1.72 bits per heavy atom. The van der Waals surface area contributed by atoms with Gasteiger partial charge in [0.15, 0.2) is 0 Å². The summed E-state index contributed by atoms with van der Waals surface area (Å²) >= 11 is 11.8. The van der Waals surface area contributed by atoms with Crippen LogP contribution < -0.4 is 5.73 Å². The van der Waals surface area contributed by atoms with Crippen LogP contribution in [0, 0.1) is 0 Å². The van der Waals surface area contributed by atoms with Crippen molar-refractivity contribution in [1.82, 2.24) is 0 Å². The maximum Gasteiger partial charge on any atom is 0.404 e. The number of carbonyl (C=O) groups is 1. The van der Waals surface area contributed by atoms with E-state index in [2.05, 4.69) is 17.4 Å². The number of aliphatic hydroxyl groups excluding tert-OH is 1. The fourth-order valence-electron chi connectivity index (χ4n) is 1.02. The molecule has 104 valence electrons. The molecule has 0 radical (unpaired) electrons. The Morgan fingerprint density at radius 1 is 1.33 bits per heavy atom. The number of rotatable bonds is 2. The van der Waals surface area contributed by atoms with Gasteiger partial charge in [-0.2, -0.15) is 0 Å². The smallest absolute Gasteiger partial charge is 0.404 e. The van der Waals surface area contributed by atoms with Crippen LogP contribution in [0.4, 0.5) is 4.79 Å². The van der Waals surface area contributed by atoms with Crippen LogP contribution >= 0.6 is 23.2 Å². The molecule has 0 saturated heterocycles. The minimum absolute atomic E-state index is 0.745. The topological polar surface area (TPSA) is 72.6 Å². The molecule has 1 aromatic rings. The fraction of sp³-hybridized carbons (Fsp3) is 0.417. The zero-order valence-electron chi connectivity index (χ0n) is 10.7. The number of ether oxygens (including phenoxy) is 1. The van der Waals surface area contributed by atoms with E-state index in [9.17, 15) is 4.79 Å². The van der Waals surface area contributed by atoms with E-state index in [1.165, 1.54) is 7.11 Å². The second-order valence-corrected chi connectivity index (χ2v) is 3.79. The predicted octanol–water partition coefficient (Wildman–Crippen LogP) is 3.27. The summed E-state index contributed by atoms with van der Waals surface area (Å²) < 4.78 is 3.89. The van der Waals surface area contributed by atoms with Crippen LogP contribution in [0.3, 0.4) is 0 Å². The summed E-state index contributed by atoms with van der Waals surface area (Å²) in [5, 5.41) is 8.55. The van der Waals surface area contributed by atoms with Gasteiger partial charge in [0.05, 0.1) is 7.11 Å². The van der Waals surface area contributed by atoms with Gasteiger partial charge in [-0.05, 0) is 24.1 Å². The standard InChI is InChI=1S/C9H10Cl2.C2H5NO2.CH4O/c1-2-4-7-8(10)5-3-6-9(7)11;1-5-2(3)4;1-2/h3,5-6H,2,4H2,1H3;1H3,(H2,3,4);2H,1H3. The van der Waals surface area contributed by atoms with Crippen molar-refractivity contribution >= 4 is 29.3 Å². The minimum atomic E-state index is -0.745. The van der Waals surface area contributed by atoms with Gasteiger partial charge < -0.3 is 15.6 Å². The first-order chi connectivity index (χ1) is 8.52. The minimum Gasteiger partial charge on any atom is -0.453 e. The second-order valence-electron chi connectivity index (χ2n) is 2.97. The van der Waals surface area contributed by atoms with E-state index in [0.717, 1.165) is 35.6 Å². The van der Waals surface area contributed by atoms with Crippen molar-refractivity contribution in [2.75, 3.05) is 14.2 Å². The zero-order valence-corrected chi connectivity index (χ0v) is 12.3. The number of hydrogen-bond donors (Lipinski definition) is 2. The van der Waals surface area contributed by atoms with Gasteiger partial charge in [-0.25, -0.2) is 4.79 Å². The molecule has 0 aromatic heterocycles. The van der Waals surface area contributed by atoms with Crippen molar-refractivity contribution in [2.24, 2.45) is 5.73 Å². The molecule has 0 aliphatic rings. The molecule has 0 heterocycles. The molecule has 0 saturated carbocycles. The molecule has 1 rings (SSSR count). The SMILES string of the molecule is CCCc1c(Cl)cccc1Cl.CO.COC(N)=O. The Labute approximate surface area is 118 Å². The Balaban J connectivity index is 0. The molecular weight excluding hydrogens is 277 g/mol. The molecule has 18 heavy (non-hydrogen) atoms. The van der Waals surface area contributed by atoms with Crippen LogP contribution in [0.15, 0.2) is 18.2 Å². The summed E-state index contributed by atoms with van der Waals surface area (Å²) in [6, 6.07) is 5.61. The van der Waals surface area contributed by atoms with E-state index >= 15 is 0 Å². The predicted molar refractivity (Wildman–Crippen MR) is 75.2 cm³/mol. The monoisotopic (exact) mass is 295 g/mol. The third-order valence-electron chi connectivity index (χ3n) is 1.76. The lowest BCUT2D eigenvalue weighted by Crippen LogP contribution is -2.08. The molecule has 0 atom stereocenters. The van der Waals surface area contributed by atoms with Gasteiger partial charge in [0.1, 0.15) is 0 Å². The fourth-order valence-corrected chi connectivity index (χ4v) is 1.61. The summed E-state index contributed by atoms with van der Waals surface area (Å²) in [6.45, 7) is 2.11. The molecule has 1 aromatic carbocycles. The van der Waals surface area contributed by atoms with Gasteiger partial charge in [0.2, 0.25) is 0 Å². The number of hydrogen-bond acceptors (Lipinski definition) is 3. The van der Waals surface area contributed by atoms with E-state index in [-0.39, 0.29) is 0 Å². The van der Waals surface area contributed by atoms with Crippen molar-refractivity contribution in [2.45, 2.75) is 19.8 Å². The van der Waals surface area contributed by atoms with Crippen LogP contribution in [0.5, 0.6) is 0 Å². The highest BCUT2D eigenvalue weighted by Gasteiger charge is 2.02. The summed E-state index contributed by atoms with van der Waals surface area (Å²) in [5.74, 6) is 0. The largest absolute Gasteiger partial charge is 0.453 e. The zero-order chi connectivity index (χ0) is 14.6.